The maximum Gasteiger partial charge on any atom is 0.148 e. The first-order valence-electron chi connectivity index (χ1n) is 5.21. The molecule has 3 nitrogen and oxygen atoms in total. The van der Waals surface area contributed by atoms with E-state index >= 15 is 0 Å². The molecule has 0 atom stereocenters. The Bertz CT molecular complexity index is 350. The zero-order valence-electron chi connectivity index (χ0n) is 9.94. The SMILES string of the molecule is C#CCOc1cccc(CNCCOC)c1.Cl. The van der Waals surface area contributed by atoms with Gasteiger partial charge in [0.1, 0.15) is 12.4 Å². The fourth-order valence-electron chi connectivity index (χ4n) is 1.28. The Morgan fingerprint density at radius 2 is 2.24 bits per heavy atom. The van der Waals surface area contributed by atoms with Crippen LogP contribution in [0.25, 0.3) is 0 Å². The van der Waals surface area contributed by atoms with E-state index in [1.54, 1.807) is 7.11 Å². The van der Waals surface area contributed by atoms with Crippen LogP contribution in [0.5, 0.6) is 5.75 Å². The summed E-state index contributed by atoms with van der Waals surface area (Å²) in [5, 5.41) is 3.27. The molecule has 1 N–H and O–H groups in total. The van der Waals surface area contributed by atoms with Crippen molar-refractivity contribution in [3.63, 3.8) is 0 Å². The zero-order chi connectivity index (χ0) is 11.6. The molecule has 0 bridgehead atoms. The summed E-state index contributed by atoms with van der Waals surface area (Å²) in [6, 6.07) is 7.88. The standard InChI is InChI=1S/C13H17NO2.ClH/c1-3-8-16-13-6-4-5-12(10-13)11-14-7-9-15-2;/h1,4-6,10,14H,7-9,11H2,2H3;1H. The average Bonchev–Trinajstić information content (AvgIpc) is 2.33. The van der Waals surface area contributed by atoms with Crippen LogP contribution in [0.3, 0.4) is 0 Å². The van der Waals surface area contributed by atoms with Gasteiger partial charge in [0.05, 0.1) is 6.61 Å². The Kier molecular flexibility index (Phi) is 9.27. The van der Waals surface area contributed by atoms with Crippen LogP contribution in [0.1, 0.15) is 5.56 Å². The number of halogens is 1. The first kappa shape index (κ1) is 15.8. The molecule has 4 heteroatoms. The third-order valence-corrected chi connectivity index (χ3v) is 2.03. The number of hydrogen-bond acceptors (Lipinski definition) is 3. The molecule has 0 amide bonds. The second-order valence-corrected chi connectivity index (χ2v) is 3.31. The van der Waals surface area contributed by atoms with Gasteiger partial charge in [0.15, 0.2) is 0 Å². The van der Waals surface area contributed by atoms with Crippen molar-refractivity contribution in [2.75, 3.05) is 26.9 Å². The fourth-order valence-corrected chi connectivity index (χ4v) is 1.28. The number of terminal acetylenes is 1. The van der Waals surface area contributed by atoms with Crippen LogP contribution in [0.15, 0.2) is 24.3 Å². The van der Waals surface area contributed by atoms with Crippen molar-refractivity contribution in [2.45, 2.75) is 6.54 Å². The van der Waals surface area contributed by atoms with Gasteiger partial charge >= 0.3 is 0 Å². The Hall–Kier alpha value is -1.21. The predicted octanol–water partition coefficient (Wildman–Crippen LogP) is 1.86. The molecule has 1 aromatic carbocycles. The third kappa shape index (κ3) is 6.85. The maximum absolute atomic E-state index is 5.33. The number of nitrogens with one attached hydrogen (secondary N) is 1. The van der Waals surface area contributed by atoms with E-state index in [0.29, 0.717) is 13.2 Å². The molecule has 0 aromatic heterocycles. The first-order valence-corrected chi connectivity index (χ1v) is 5.21. The maximum atomic E-state index is 5.33. The van der Waals surface area contributed by atoms with Gasteiger partial charge in [-0.25, -0.2) is 0 Å². The van der Waals surface area contributed by atoms with E-state index in [9.17, 15) is 0 Å². The van der Waals surface area contributed by atoms with Crippen molar-refractivity contribution in [3.8, 4) is 18.1 Å². The summed E-state index contributed by atoms with van der Waals surface area (Å²) in [5.41, 5.74) is 1.17. The molecule has 0 saturated carbocycles. The first-order chi connectivity index (χ1) is 7.86. The topological polar surface area (TPSA) is 30.5 Å². The molecule has 0 spiro atoms. The van der Waals surface area contributed by atoms with Crippen molar-refractivity contribution in [2.24, 2.45) is 0 Å². The lowest BCUT2D eigenvalue weighted by Crippen LogP contribution is -2.18. The highest BCUT2D eigenvalue weighted by atomic mass is 35.5. The second kappa shape index (κ2) is 9.98. The van der Waals surface area contributed by atoms with E-state index in [1.807, 2.05) is 24.3 Å². The van der Waals surface area contributed by atoms with Crippen molar-refractivity contribution in [1.29, 1.82) is 0 Å². The zero-order valence-corrected chi connectivity index (χ0v) is 10.8. The van der Waals surface area contributed by atoms with E-state index in [1.165, 1.54) is 5.56 Å². The summed E-state index contributed by atoms with van der Waals surface area (Å²) < 4.78 is 10.3. The van der Waals surface area contributed by atoms with E-state index in [0.717, 1.165) is 18.8 Å². The van der Waals surface area contributed by atoms with Gasteiger partial charge in [0, 0.05) is 20.2 Å². The van der Waals surface area contributed by atoms with Crippen molar-refractivity contribution in [1.82, 2.24) is 5.32 Å². The molecular weight excluding hydrogens is 238 g/mol. The summed E-state index contributed by atoms with van der Waals surface area (Å²) in [7, 11) is 1.69. The van der Waals surface area contributed by atoms with Crippen LogP contribution >= 0.6 is 12.4 Å². The van der Waals surface area contributed by atoms with Crippen LogP contribution in [0.2, 0.25) is 0 Å². The molecule has 0 aliphatic carbocycles. The van der Waals surface area contributed by atoms with Gasteiger partial charge in [0.2, 0.25) is 0 Å². The minimum Gasteiger partial charge on any atom is -0.481 e. The number of ether oxygens (including phenoxy) is 2. The van der Waals surface area contributed by atoms with Crippen molar-refractivity contribution >= 4 is 12.4 Å². The van der Waals surface area contributed by atoms with Gasteiger partial charge in [-0.15, -0.1) is 18.8 Å². The summed E-state index contributed by atoms with van der Waals surface area (Å²) in [6.07, 6.45) is 5.13. The Labute approximate surface area is 109 Å². The lowest BCUT2D eigenvalue weighted by Gasteiger charge is -2.06. The summed E-state index contributed by atoms with van der Waals surface area (Å²) >= 11 is 0. The van der Waals surface area contributed by atoms with Gasteiger partial charge in [-0.05, 0) is 17.7 Å². The average molecular weight is 256 g/mol. The van der Waals surface area contributed by atoms with E-state index < -0.39 is 0 Å². The summed E-state index contributed by atoms with van der Waals surface area (Å²) in [5.74, 6) is 3.25. The quantitative estimate of drug-likeness (QED) is 0.596. The van der Waals surface area contributed by atoms with Crippen LogP contribution in [0.4, 0.5) is 0 Å². The molecule has 17 heavy (non-hydrogen) atoms. The second-order valence-electron chi connectivity index (χ2n) is 3.31. The van der Waals surface area contributed by atoms with Gasteiger partial charge < -0.3 is 14.8 Å². The molecule has 1 rings (SSSR count). The van der Waals surface area contributed by atoms with E-state index in [-0.39, 0.29) is 12.4 Å². The molecule has 0 saturated heterocycles. The highest BCUT2D eigenvalue weighted by molar-refractivity contribution is 5.85. The van der Waals surface area contributed by atoms with Crippen molar-refractivity contribution in [3.05, 3.63) is 29.8 Å². The predicted molar refractivity (Wildman–Crippen MR) is 71.6 cm³/mol. The van der Waals surface area contributed by atoms with Crippen LogP contribution in [-0.4, -0.2) is 26.9 Å². The van der Waals surface area contributed by atoms with E-state index in [2.05, 4.69) is 11.2 Å². The number of rotatable bonds is 7. The monoisotopic (exact) mass is 255 g/mol. The molecule has 0 aliphatic heterocycles. The van der Waals surface area contributed by atoms with Gasteiger partial charge in [-0.3, -0.25) is 0 Å². The molecule has 0 unspecified atom stereocenters. The lowest BCUT2D eigenvalue weighted by atomic mass is 10.2. The number of hydrogen-bond donors (Lipinski definition) is 1. The highest BCUT2D eigenvalue weighted by Crippen LogP contribution is 2.12. The van der Waals surface area contributed by atoms with Crippen molar-refractivity contribution < 1.29 is 9.47 Å². The fraction of sp³-hybridized carbons (Fsp3) is 0.385. The number of methoxy groups -OCH3 is 1. The summed E-state index contributed by atoms with van der Waals surface area (Å²) in [6.45, 7) is 2.66. The van der Waals surface area contributed by atoms with Crippen LogP contribution < -0.4 is 10.1 Å². The molecule has 1 aromatic rings. The molecule has 0 heterocycles. The van der Waals surface area contributed by atoms with E-state index in [4.69, 9.17) is 15.9 Å². The minimum atomic E-state index is 0. The Morgan fingerprint density at radius 1 is 1.41 bits per heavy atom. The molecule has 0 fully saturated rings. The lowest BCUT2D eigenvalue weighted by molar-refractivity contribution is 0.199. The number of benzene rings is 1. The molecule has 0 radical (unpaired) electrons. The van der Waals surface area contributed by atoms with Crippen LogP contribution in [-0.2, 0) is 11.3 Å². The van der Waals surface area contributed by atoms with Gasteiger partial charge in [-0.2, -0.15) is 0 Å². The minimum absolute atomic E-state index is 0. The smallest absolute Gasteiger partial charge is 0.148 e. The highest BCUT2D eigenvalue weighted by Gasteiger charge is 1.96. The summed E-state index contributed by atoms with van der Waals surface area (Å²) in [4.78, 5) is 0. The van der Waals surface area contributed by atoms with Gasteiger partial charge in [0.25, 0.3) is 0 Å². The van der Waals surface area contributed by atoms with Gasteiger partial charge in [-0.1, -0.05) is 18.1 Å². The Balaban J connectivity index is 0.00000256. The molecule has 94 valence electrons. The molecule has 0 aliphatic rings. The van der Waals surface area contributed by atoms with Crippen LogP contribution in [0, 0.1) is 12.3 Å². The molecular formula is C13H18ClNO2. The third-order valence-electron chi connectivity index (χ3n) is 2.03. The Morgan fingerprint density at radius 3 is 2.94 bits per heavy atom. The largest absolute Gasteiger partial charge is 0.481 e. The normalized spacial score (nSPS) is 9.18.